The van der Waals surface area contributed by atoms with Gasteiger partial charge in [-0.15, -0.1) is 0 Å². The summed E-state index contributed by atoms with van der Waals surface area (Å²) in [7, 11) is 1.26. The predicted octanol–water partition coefficient (Wildman–Crippen LogP) is 0.134. The van der Waals surface area contributed by atoms with E-state index < -0.39 is 48.3 Å². The Bertz CT molecular complexity index is 487. The van der Waals surface area contributed by atoms with Gasteiger partial charge in [-0.2, -0.15) is 0 Å². The topological polar surface area (TPSA) is 114 Å². The second kappa shape index (κ2) is 9.21. The van der Waals surface area contributed by atoms with Gasteiger partial charge in [-0.1, -0.05) is 0 Å². The van der Waals surface area contributed by atoms with Crippen molar-refractivity contribution in [3.8, 4) is 0 Å². The zero-order valence-electron chi connectivity index (χ0n) is 14.1. The van der Waals surface area contributed by atoms with E-state index in [1.54, 1.807) is 0 Å². The highest BCUT2D eigenvalue weighted by Gasteiger charge is 2.46. The summed E-state index contributed by atoms with van der Waals surface area (Å²) in [5.41, 5.74) is 0. The zero-order chi connectivity index (χ0) is 18.3. The van der Waals surface area contributed by atoms with E-state index in [4.69, 9.17) is 18.9 Å². The Kier molecular flexibility index (Phi) is 7.63. The van der Waals surface area contributed by atoms with Crippen molar-refractivity contribution >= 4 is 23.9 Å². The van der Waals surface area contributed by atoms with Crippen molar-refractivity contribution in [3.63, 3.8) is 0 Å². The summed E-state index contributed by atoms with van der Waals surface area (Å²) in [5.74, 6) is -2.28. The van der Waals surface area contributed by atoms with Gasteiger partial charge in [0.25, 0.3) is 0 Å². The molecule has 9 heteroatoms. The van der Waals surface area contributed by atoms with Crippen LogP contribution in [0, 0.1) is 0 Å². The summed E-state index contributed by atoms with van der Waals surface area (Å²) in [6.07, 6.45) is -3.42. The van der Waals surface area contributed by atoms with Gasteiger partial charge in [-0.25, -0.2) is 0 Å². The van der Waals surface area contributed by atoms with Crippen LogP contribution in [0.1, 0.15) is 33.6 Å². The smallest absolute Gasteiger partial charge is 0.305 e. The first-order chi connectivity index (χ1) is 11.2. The maximum absolute atomic E-state index is 11.4. The molecule has 1 saturated heterocycles. The normalized spacial score (nSPS) is 26.2. The van der Waals surface area contributed by atoms with Gasteiger partial charge >= 0.3 is 23.9 Å². The fraction of sp³-hybridized carbons (Fsp3) is 0.733. The first kappa shape index (κ1) is 19.9. The molecule has 4 atom stereocenters. The highest BCUT2D eigenvalue weighted by Crippen LogP contribution is 2.27. The van der Waals surface area contributed by atoms with Gasteiger partial charge in [-0.3, -0.25) is 19.2 Å². The van der Waals surface area contributed by atoms with Crippen molar-refractivity contribution in [1.29, 1.82) is 0 Å². The predicted molar refractivity (Wildman–Crippen MR) is 77.7 cm³/mol. The minimum Gasteiger partial charge on any atom is -0.469 e. The van der Waals surface area contributed by atoms with Crippen molar-refractivity contribution in [1.82, 2.24) is 0 Å². The first-order valence-electron chi connectivity index (χ1n) is 7.44. The monoisotopic (exact) mass is 346 g/mol. The zero-order valence-corrected chi connectivity index (χ0v) is 14.1. The molecule has 1 heterocycles. The molecule has 0 amide bonds. The second-order valence-corrected chi connectivity index (χ2v) is 5.28. The minimum atomic E-state index is -1.02. The molecule has 24 heavy (non-hydrogen) atoms. The highest BCUT2D eigenvalue weighted by molar-refractivity contribution is 5.69. The Morgan fingerprint density at radius 1 is 0.917 bits per heavy atom. The van der Waals surface area contributed by atoms with Gasteiger partial charge < -0.3 is 23.7 Å². The highest BCUT2D eigenvalue weighted by atomic mass is 16.6. The molecule has 136 valence electrons. The molecule has 0 aromatic heterocycles. The molecular weight excluding hydrogens is 324 g/mol. The number of methoxy groups -OCH3 is 1. The Balaban J connectivity index is 2.96. The lowest BCUT2D eigenvalue weighted by atomic mass is 9.96. The van der Waals surface area contributed by atoms with E-state index in [2.05, 4.69) is 4.74 Å². The van der Waals surface area contributed by atoms with Crippen LogP contribution in [0.2, 0.25) is 0 Å². The van der Waals surface area contributed by atoms with E-state index in [-0.39, 0.29) is 19.4 Å². The lowest BCUT2D eigenvalue weighted by Gasteiger charge is -2.40. The molecule has 0 bridgehead atoms. The van der Waals surface area contributed by atoms with E-state index in [0.717, 1.165) is 0 Å². The van der Waals surface area contributed by atoms with Crippen LogP contribution < -0.4 is 0 Å². The first-order valence-corrected chi connectivity index (χ1v) is 7.44. The van der Waals surface area contributed by atoms with Crippen LogP contribution in [0.3, 0.4) is 0 Å². The second-order valence-electron chi connectivity index (χ2n) is 5.28. The summed E-state index contributed by atoms with van der Waals surface area (Å²) in [6, 6.07) is 0. The molecule has 0 aromatic rings. The maximum atomic E-state index is 11.4. The molecule has 9 nitrogen and oxygen atoms in total. The summed E-state index contributed by atoms with van der Waals surface area (Å²) in [4.78, 5) is 45.3. The van der Waals surface area contributed by atoms with Gasteiger partial charge in [0.1, 0.15) is 0 Å². The number of rotatable bonds is 6. The maximum Gasteiger partial charge on any atom is 0.305 e. The van der Waals surface area contributed by atoms with Crippen LogP contribution in [0.4, 0.5) is 0 Å². The summed E-state index contributed by atoms with van der Waals surface area (Å²) >= 11 is 0. The molecule has 1 aliphatic heterocycles. The van der Waals surface area contributed by atoms with E-state index in [0.29, 0.717) is 0 Å². The van der Waals surface area contributed by atoms with Gasteiger partial charge in [0.15, 0.2) is 18.3 Å². The molecule has 0 saturated carbocycles. The van der Waals surface area contributed by atoms with E-state index in [1.807, 2.05) is 0 Å². The van der Waals surface area contributed by atoms with Crippen LogP contribution in [-0.2, 0) is 42.9 Å². The van der Waals surface area contributed by atoms with Crippen LogP contribution in [0.15, 0.2) is 0 Å². The summed E-state index contributed by atoms with van der Waals surface area (Å²) in [6.45, 7) is 3.53. The Hall–Kier alpha value is -2.16. The quantitative estimate of drug-likeness (QED) is 0.489. The lowest BCUT2D eigenvalue weighted by molar-refractivity contribution is -0.226. The van der Waals surface area contributed by atoms with Gasteiger partial charge in [0, 0.05) is 27.2 Å². The number of carbonyl (C=O) groups is 4. The number of carbonyl (C=O) groups excluding carboxylic acids is 4. The Morgan fingerprint density at radius 2 is 1.46 bits per heavy atom. The number of hydrogen-bond acceptors (Lipinski definition) is 9. The number of ether oxygens (including phenoxy) is 5. The Morgan fingerprint density at radius 3 is 1.96 bits per heavy atom. The lowest BCUT2D eigenvalue weighted by Crippen LogP contribution is -2.57. The molecule has 0 radical (unpaired) electrons. The number of esters is 4. The summed E-state index contributed by atoms with van der Waals surface area (Å²) < 4.78 is 25.6. The van der Waals surface area contributed by atoms with E-state index >= 15 is 0 Å². The van der Waals surface area contributed by atoms with Crippen molar-refractivity contribution in [2.75, 3.05) is 13.7 Å². The average Bonchev–Trinajstić information content (AvgIpc) is 2.47. The fourth-order valence-corrected chi connectivity index (χ4v) is 2.42. The minimum absolute atomic E-state index is 0.0317. The third-order valence-corrected chi connectivity index (χ3v) is 3.31. The molecule has 0 unspecified atom stereocenters. The number of hydrogen-bond donors (Lipinski definition) is 0. The van der Waals surface area contributed by atoms with Crippen LogP contribution in [0.5, 0.6) is 0 Å². The third-order valence-electron chi connectivity index (χ3n) is 3.31. The molecule has 0 spiro atoms. The SMILES string of the molecule is COC(=O)CC[C@@H]1OC[C@@H](OC(C)=O)[C@@H](OC(C)=O)[C@@H]1OC(C)=O. The van der Waals surface area contributed by atoms with Crippen molar-refractivity contribution in [3.05, 3.63) is 0 Å². The van der Waals surface area contributed by atoms with Crippen molar-refractivity contribution in [2.24, 2.45) is 0 Å². The molecular formula is C15H22O9. The molecule has 0 aromatic carbocycles. The standard InChI is InChI=1S/C15H22O9/c1-8(16)22-12-7-21-11(5-6-13(19)20-4)14(23-9(2)17)15(12)24-10(3)18/h11-12,14-15H,5-7H2,1-4H3/t11-,12+,14+,15+/m0/s1. The van der Waals surface area contributed by atoms with Crippen molar-refractivity contribution in [2.45, 2.75) is 58.0 Å². The molecule has 0 aliphatic carbocycles. The molecule has 1 fully saturated rings. The molecule has 1 rings (SSSR count). The Labute approximate surface area is 139 Å². The van der Waals surface area contributed by atoms with E-state index in [1.165, 1.54) is 27.9 Å². The van der Waals surface area contributed by atoms with E-state index in [9.17, 15) is 19.2 Å². The molecule has 0 N–H and O–H groups in total. The fourth-order valence-electron chi connectivity index (χ4n) is 2.42. The van der Waals surface area contributed by atoms with Crippen LogP contribution in [0.25, 0.3) is 0 Å². The van der Waals surface area contributed by atoms with Crippen LogP contribution >= 0.6 is 0 Å². The average molecular weight is 346 g/mol. The largest absolute Gasteiger partial charge is 0.469 e. The van der Waals surface area contributed by atoms with Gasteiger partial charge in [0.2, 0.25) is 0 Å². The third kappa shape index (κ3) is 6.15. The summed E-state index contributed by atoms with van der Waals surface area (Å²) in [5, 5.41) is 0. The van der Waals surface area contributed by atoms with Gasteiger partial charge in [-0.05, 0) is 6.42 Å². The van der Waals surface area contributed by atoms with Gasteiger partial charge in [0.05, 0.1) is 19.8 Å². The van der Waals surface area contributed by atoms with Crippen LogP contribution in [-0.4, -0.2) is 62.0 Å². The molecule has 1 aliphatic rings. The van der Waals surface area contributed by atoms with Crippen molar-refractivity contribution < 1.29 is 42.9 Å².